The van der Waals surface area contributed by atoms with Gasteiger partial charge in [0, 0.05) is 18.5 Å². The van der Waals surface area contributed by atoms with Crippen LogP contribution in [-0.2, 0) is 22.8 Å². The summed E-state index contributed by atoms with van der Waals surface area (Å²) in [6.45, 7) is 4.24. The summed E-state index contributed by atoms with van der Waals surface area (Å²) < 4.78 is 29.2. The van der Waals surface area contributed by atoms with Crippen LogP contribution in [0.3, 0.4) is 0 Å². The first kappa shape index (κ1) is 28.8. The lowest BCUT2D eigenvalue weighted by Crippen LogP contribution is -2.27. The third kappa shape index (κ3) is 5.08. The molecule has 0 unspecified atom stereocenters. The van der Waals surface area contributed by atoms with Gasteiger partial charge < -0.3 is 10.4 Å². The van der Waals surface area contributed by atoms with E-state index >= 15 is 0 Å². The molecular formula is C32H30N4O5S. The van der Waals surface area contributed by atoms with Gasteiger partial charge in [0.05, 0.1) is 22.6 Å². The van der Waals surface area contributed by atoms with Crippen LogP contribution in [0.1, 0.15) is 72.0 Å². The summed E-state index contributed by atoms with van der Waals surface area (Å²) in [5.41, 5.74) is 3.00. The number of aromatic hydroxyl groups is 1. The Bertz CT molecular complexity index is 1890. The molecule has 1 atom stereocenters. The van der Waals surface area contributed by atoms with E-state index in [0.29, 0.717) is 48.1 Å². The third-order valence-electron chi connectivity index (χ3n) is 7.58. The maximum absolute atomic E-state index is 13.9. The topological polar surface area (TPSA) is 142 Å². The molecule has 2 N–H and O–H groups in total. The molecule has 3 aromatic carbocycles. The van der Waals surface area contributed by atoms with E-state index in [0.717, 1.165) is 17.5 Å². The summed E-state index contributed by atoms with van der Waals surface area (Å²) in [5, 5.41) is 23.8. The second kappa shape index (κ2) is 11.6. The maximum atomic E-state index is 13.9. The standard InChI is InChI=1S/C32H30N4O5S/c1-3-5-12-28-35-31(38)29(32(39)36(28)27(4-2)22-9-6-8-20(17-22)18-33)42(40,41)23-15-13-21(14-16-23)24-10-7-11-25-26(24)19-34-30(25)37/h6-11,13-17,27,39H,3-5,12,19H2,1-2H3,(H,34,37)/t27-/m0/s1. The van der Waals surface area contributed by atoms with E-state index < -0.39 is 32.2 Å². The Labute approximate surface area is 244 Å². The fraction of sp³-hybridized carbons (Fsp3) is 0.250. The summed E-state index contributed by atoms with van der Waals surface area (Å²) in [7, 11) is -4.48. The van der Waals surface area contributed by atoms with E-state index in [4.69, 9.17) is 0 Å². The minimum atomic E-state index is -4.48. The fourth-order valence-electron chi connectivity index (χ4n) is 5.46. The van der Waals surface area contributed by atoms with Gasteiger partial charge in [-0.2, -0.15) is 10.2 Å². The predicted molar refractivity (Wildman–Crippen MR) is 157 cm³/mol. The van der Waals surface area contributed by atoms with Gasteiger partial charge in [-0.05, 0) is 65.4 Å². The van der Waals surface area contributed by atoms with Crippen LogP contribution in [0.5, 0.6) is 5.88 Å². The molecule has 0 radical (unpaired) electrons. The highest BCUT2D eigenvalue weighted by atomic mass is 32.2. The molecule has 10 heteroatoms. The molecule has 214 valence electrons. The van der Waals surface area contributed by atoms with Gasteiger partial charge in [0.1, 0.15) is 5.82 Å². The number of nitrogens with zero attached hydrogens (tertiary/aromatic N) is 3. The number of benzene rings is 3. The van der Waals surface area contributed by atoms with Crippen molar-refractivity contribution in [2.45, 2.75) is 61.9 Å². The average molecular weight is 583 g/mol. The van der Waals surface area contributed by atoms with Crippen LogP contribution in [0.4, 0.5) is 0 Å². The Hall–Kier alpha value is -4.75. The number of hydrogen-bond donors (Lipinski definition) is 2. The van der Waals surface area contributed by atoms with Crippen LogP contribution in [-0.4, -0.2) is 29.0 Å². The third-order valence-corrected chi connectivity index (χ3v) is 9.37. The molecule has 0 saturated heterocycles. The van der Waals surface area contributed by atoms with Crippen LogP contribution in [0.15, 0.2) is 81.3 Å². The molecule has 1 aliphatic rings. The van der Waals surface area contributed by atoms with Crippen molar-refractivity contribution in [1.82, 2.24) is 14.9 Å². The number of aromatic nitrogens is 2. The first-order valence-corrected chi connectivity index (χ1v) is 15.3. The summed E-state index contributed by atoms with van der Waals surface area (Å²) in [4.78, 5) is 28.6. The van der Waals surface area contributed by atoms with Crippen molar-refractivity contribution >= 4 is 15.7 Å². The molecule has 42 heavy (non-hydrogen) atoms. The first-order valence-electron chi connectivity index (χ1n) is 13.8. The normalized spacial score (nSPS) is 13.3. The lowest BCUT2D eigenvalue weighted by Gasteiger charge is -2.25. The van der Waals surface area contributed by atoms with Gasteiger partial charge in [-0.1, -0.05) is 56.7 Å². The Morgan fingerprint density at radius 2 is 1.76 bits per heavy atom. The molecule has 0 spiro atoms. The molecule has 9 nitrogen and oxygen atoms in total. The maximum Gasteiger partial charge on any atom is 0.296 e. The molecule has 1 aliphatic heterocycles. The van der Waals surface area contributed by atoms with Gasteiger partial charge in [0.25, 0.3) is 11.5 Å². The Balaban J connectivity index is 1.62. The largest absolute Gasteiger partial charge is 0.493 e. The van der Waals surface area contributed by atoms with E-state index in [1.165, 1.54) is 16.7 Å². The van der Waals surface area contributed by atoms with Gasteiger partial charge in [-0.15, -0.1) is 0 Å². The molecular weight excluding hydrogens is 552 g/mol. The number of nitriles is 1. The summed E-state index contributed by atoms with van der Waals surface area (Å²) >= 11 is 0. The van der Waals surface area contributed by atoms with E-state index in [1.54, 1.807) is 48.5 Å². The average Bonchev–Trinajstić information content (AvgIpc) is 3.38. The fourth-order valence-corrected chi connectivity index (χ4v) is 6.81. The molecule has 2 heterocycles. The zero-order chi connectivity index (χ0) is 30.0. The molecule has 1 aromatic heterocycles. The SMILES string of the molecule is CCCCc1nc(=O)c(S(=O)(=O)c2ccc(-c3cccc4c3CNC4=O)cc2)c(O)n1[C@@H](CC)c1cccc(C#N)c1. The number of rotatable bonds is 9. The lowest BCUT2D eigenvalue weighted by atomic mass is 9.97. The number of amides is 1. The molecule has 5 rings (SSSR count). The Morgan fingerprint density at radius 3 is 2.45 bits per heavy atom. The minimum absolute atomic E-state index is 0.155. The molecule has 0 aliphatic carbocycles. The predicted octanol–water partition coefficient (Wildman–Crippen LogP) is 4.91. The smallest absolute Gasteiger partial charge is 0.296 e. The molecule has 0 saturated carbocycles. The van der Waals surface area contributed by atoms with Crippen molar-refractivity contribution in [3.8, 4) is 23.1 Å². The number of hydrogen-bond acceptors (Lipinski definition) is 7. The van der Waals surface area contributed by atoms with Gasteiger partial charge in [0.15, 0.2) is 4.90 Å². The highest BCUT2D eigenvalue weighted by Crippen LogP contribution is 2.35. The quantitative estimate of drug-likeness (QED) is 0.286. The van der Waals surface area contributed by atoms with Crippen LogP contribution >= 0.6 is 0 Å². The van der Waals surface area contributed by atoms with Gasteiger partial charge in [-0.25, -0.2) is 8.42 Å². The van der Waals surface area contributed by atoms with Crippen LogP contribution in [0.2, 0.25) is 0 Å². The Morgan fingerprint density at radius 1 is 1.05 bits per heavy atom. The molecule has 1 amide bonds. The number of carbonyl (C=O) groups excluding carboxylic acids is 1. The van der Waals surface area contributed by atoms with Crippen molar-refractivity contribution in [3.63, 3.8) is 0 Å². The monoisotopic (exact) mass is 582 g/mol. The second-order valence-corrected chi connectivity index (χ2v) is 12.0. The second-order valence-electron chi connectivity index (χ2n) is 10.2. The number of aryl methyl sites for hydroxylation is 1. The van der Waals surface area contributed by atoms with Gasteiger partial charge >= 0.3 is 0 Å². The number of nitrogens with one attached hydrogen (secondary N) is 1. The van der Waals surface area contributed by atoms with Crippen molar-refractivity contribution in [2.24, 2.45) is 0 Å². The van der Waals surface area contributed by atoms with Crippen molar-refractivity contribution in [2.75, 3.05) is 0 Å². The number of fused-ring (bicyclic) bond motifs is 1. The first-order chi connectivity index (χ1) is 20.2. The molecule has 0 bridgehead atoms. The van der Waals surface area contributed by atoms with Crippen LogP contribution in [0.25, 0.3) is 11.1 Å². The Kier molecular flexibility index (Phi) is 7.96. The number of carbonyl (C=O) groups is 1. The van der Waals surface area contributed by atoms with Crippen molar-refractivity contribution in [3.05, 3.63) is 105 Å². The van der Waals surface area contributed by atoms with Gasteiger partial charge in [-0.3, -0.25) is 14.2 Å². The molecule has 4 aromatic rings. The number of sulfone groups is 1. The van der Waals surface area contributed by atoms with Crippen molar-refractivity contribution in [1.29, 1.82) is 5.26 Å². The van der Waals surface area contributed by atoms with Crippen LogP contribution in [0, 0.1) is 11.3 Å². The zero-order valence-corrected chi connectivity index (χ0v) is 24.1. The summed E-state index contributed by atoms with van der Waals surface area (Å²) in [6, 6.07) is 19.8. The highest BCUT2D eigenvalue weighted by molar-refractivity contribution is 7.91. The number of unbranched alkanes of at least 4 members (excludes halogenated alkanes) is 1. The van der Waals surface area contributed by atoms with Gasteiger partial charge in [0.2, 0.25) is 15.7 Å². The van der Waals surface area contributed by atoms with E-state index in [-0.39, 0.29) is 16.6 Å². The zero-order valence-electron chi connectivity index (χ0n) is 23.3. The lowest BCUT2D eigenvalue weighted by molar-refractivity contribution is 0.0965. The highest BCUT2D eigenvalue weighted by Gasteiger charge is 2.32. The minimum Gasteiger partial charge on any atom is -0.493 e. The molecule has 0 fully saturated rings. The summed E-state index contributed by atoms with van der Waals surface area (Å²) in [6.07, 6.45) is 2.29. The van der Waals surface area contributed by atoms with Crippen molar-refractivity contribution < 1.29 is 18.3 Å². The van der Waals surface area contributed by atoms with E-state index in [2.05, 4.69) is 16.4 Å². The summed E-state index contributed by atoms with van der Waals surface area (Å²) in [5.74, 6) is -0.550. The van der Waals surface area contributed by atoms with E-state index in [1.807, 2.05) is 19.9 Å². The van der Waals surface area contributed by atoms with E-state index in [9.17, 15) is 28.4 Å². The van der Waals surface area contributed by atoms with Crippen LogP contribution < -0.4 is 10.9 Å².